The van der Waals surface area contributed by atoms with Crippen molar-refractivity contribution in [3.63, 3.8) is 0 Å². The molecule has 0 saturated heterocycles. The first-order valence-corrected chi connectivity index (χ1v) is 4.31. The van der Waals surface area contributed by atoms with E-state index in [-0.39, 0.29) is 11.3 Å². The molecule has 0 aromatic carbocycles. The van der Waals surface area contributed by atoms with Crippen LogP contribution in [-0.4, -0.2) is 26.8 Å². The fourth-order valence-corrected chi connectivity index (χ4v) is 1.31. The normalized spacial score (nSPS) is 10.5. The number of aromatic nitrogens is 2. The van der Waals surface area contributed by atoms with Crippen molar-refractivity contribution < 1.29 is 14.7 Å². The molecule has 5 heteroatoms. The van der Waals surface area contributed by atoms with Crippen LogP contribution in [0.5, 0.6) is 0 Å². The van der Waals surface area contributed by atoms with Gasteiger partial charge >= 0.3 is 5.97 Å². The van der Waals surface area contributed by atoms with Crippen molar-refractivity contribution in [2.45, 2.75) is 6.92 Å². The Morgan fingerprint density at radius 2 is 2.13 bits per heavy atom. The second kappa shape index (κ2) is 3.20. The van der Waals surface area contributed by atoms with Gasteiger partial charge in [0.15, 0.2) is 5.78 Å². The summed E-state index contributed by atoms with van der Waals surface area (Å²) in [6.07, 6.45) is 1.27. The first-order chi connectivity index (χ1) is 7.08. The lowest BCUT2D eigenvalue weighted by molar-refractivity contribution is 0.0696. The highest BCUT2D eigenvalue weighted by Crippen LogP contribution is 2.14. The maximum atomic E-state index is 11.1. The Labute approximate surface area is 84.8 Å². The third kappa shape index (κ3) is 1.59. The van der Waals surface area contributed by atoms with Crippen LogP contribution < -0.4 is 0 Å². The van der Waals surface area contributed by atoms with Crippen molar-refractivity contribution in [3.05, 3.63) is 29.6 Å². The number of pyridine rings is 1. The highest BCUT2D eigenvalue weighted by atomic mass is 16.4. The fraction of sp³-hybridized carbons (Fsp3) is 0.100. The van der Waals surface area contributed by atoms with E-state index >= 15 is 0 Å². The molecule has 0 unspecified atom stereocenters. The van der Waals surface area contributed by atoms with E-state index in [1.54, 1.807) is 6.07 Å². The third-order valence-electron chi connectivity index (χ3n) is 2.10. The Morgan fingerprint density at radius 3 is 2.73 bits per heavy atom. The van der Waals surface area contributed by atoms with E-state index in [4.69, 9.17) is 5.11 Å². The summed E-state index contributed by atoms with van der Waals surface area (Å²) in [4.78, 5) is 28.5. The van der Waals surface area contributed by atoms with Crippen molar-refractivity contribution in [3.8, 4) is 0 Å². The van der Waals surface area contributed by atoms with Crippen LogP contribution >= 0.6 is 0 Å². The largest absolute Gasteiger partial charge is 0.478 e. The second-order valence-electron chi connectivity index (χ2n) is 3.20. The summed E-state index contributed by atoms with van der Waals surface area (Å²) < 4.78 is 0. The average molecular weight is 204 g/mol. The number of carbonyl (C=O) groups excluding carboxylic acids is 1. The molecule has 0 amide bonds. The summed E-state index contributed by atoms with van der Waals surface area (Å²) in [5.74, 6) is -1.15. The maximum absolute atomic E-state index is 11.1. The number of carboxylic acid groups (broad SMARTS) is 1. The van der Waals surface area contributed by atoms with E-state index in [9.17, 15) is 9.59 Å². The number of ketones is 1. The summed E-state index contributed by atoms with van der Waals surface area (Å²) in [7, 11) is 0. The molecule has 15 heavy (non-hydrogen) atoms. The first-order valence-electron chi connectivity index (χ1n) is 4.31. The first kappa shape index (κ1) is 9.39. The Kier molecular flexibility index (Phi) is 2.00. The molecule has 2 rings (SSSR count). The number of aromatic carboxylic acids is 1. The maximum Gasteiger partial charge on any atom is 0.337 e. The molecule has 0 radical (unpaired) electrons. The number of aromatic amines is 1. The smallest absolute Gasteiger partial charge is 0.337 e. The summed E-state index contributed by atoms with van der Waals surface area (Å²) in [5.41, 5.74) is 1.67. The standard InChI is InChI=1S/C10H8N2O3/c1-5(13)7-3-8-9(12-7)2-6(4-11-8)10(14)15/h2-4,12H,1H3,(H,14,15). The average Bonchev–Trinajstić information content (AvgIpc) is 2.59. The van der Waals surface area contributed by atoms with Gasteiger partial charge in [0.05, 0.1) is 22.3 Å². The Balaban J connectivity index is 2.62. The van der Waals surface area contributed by atoms with E-state index < -0.39 is 5.97 Å². The summed E-state index contributed by atoms with van der Waals surface area (Å²) in [6.45, 7) is 1.43. The van der Waals surface area contributed by atoms with Gasteiger partial charge in [-0.3, -0.25) is 9.78 Å². The Morgan fingerprint density at radius 1 is 1.40 bits per heavy atom. The molecule has 0 aliphatic rings. The van der Waals surface area contributed by atoms with Crippen LogP contribution in [-0.2, 0) is 0 Å². The van der Waals surface area contributed by atoms with Crippen molar-refractivity contribution in [2.24, 2.45) is 0 Å². The molecule has 5 nitrogen and oxygen atoms in total. The molecule has 0 fully saturated rings. The van der Waals surface area contributed by atoms with Gasteiger partial charge < -0.3 is 10.1 Å². The van der Waals surface area contributed by atoms with Gasteiger partial charge in [0, 0.05) is 13.1 Å². The molecular weight excluding hydrogens is 196 g/mol. The van der Waals surface area contributed by atoms with E-state index in [0.717, 1.165) is 0 Å². The van der Waals surface area contributed by atoms with Crippen LogP contribution in [0, 0.1) is 0 Å². The van der Waals surface area contributed by atoms with Gasteiger partial charge in [0.2, 0.25) is 0 Å². The number of carbonyl (C=O) groups is 2. The van der Waals surface area contributed by atoms with E-state index in [1.807, 2.05) is 0 Å². The molecule has 2 aromatic rings. The van der Waals surface area contributed by atoms with Crippen molar-refractivity contribution in [2.75, 3.05) is 0 Å². The number of fused-ring (bicyclic) bond motifs is 1. The molecule has 0 atom stereocenters. The Bertz CT molecular complexity index is 545. The van der Waals surface area contributed by atoms with Gasteiger partial charge in [-0.2, -0.15) is 0 Å². The predicted octanol–water partition coefficient (Wildman–Crippen LogP) is 1.46. The number of hydrogen-bond acceptors (Lipinski definition) is 3. The fourth-order valence-electron chi connectivity index (χ4n) is 1.31. The van der Waals surface area contributed by atoms with Gasteiger partial charge in [-0.1, -0.05) is 0 Å². The molecule has 76 valence electrons. The number of nitrogens with one attached hydrogen (secondary N) is 1. The van der Waals surface area contributed by atoms with Crippen LogP contribution in [0.4, 0.5) is 0 Å². The van der Waals surface area contributed by atoms with Crippen LogP contribution in [0.15, 0.2) is 18.3 Å². The van der Waals surface area contributed by atoms with Gasteiger partial charge in [-0.15, -0.1) is 0 Å². The minimum atomic E-state index is -1.04. The lowest BCUT2D eigenvalue weighted by Gasteiger charge is -1.92. The van der Waals surface area contributed by atoms with Crippen molar-refractivity contribution in [1.29, 1.82) is 0 Å². The zero-order valence-corrected chi connectivity index (χ0v) is 7.94. The topological polar surface area (TPSA) is 83.1 Å². The van der Waals surface area contributed by atoms with E-state index in [1.165, 1.54) is 19.2 Å². The van der Waals surface area contributed by atoms with Crippen molar-refractivity contribution >= 4 is 22.8 Å². The number of Topliss-reactive ketones (excluding diaryl/α,β-unsaturated/α-hetero) is 1. The van der Waals surface area contributed by atoms with Gasteiger partial charge in [-0.05, 0) is 12.1 Å². The van der Waals surface area contributed by atoms with E-state index in [2.05, 4.69) is 9.97 Å². The SMILES string of the molecule is CC(=O)c1cc2ncc(C(=O)O)cc2[nH]1. The number of hydrogen-bond donors (Lipinski definition) is 2. The molecule has 0 saturated carbocycles. The lowest BCUT2D eigenvalue weighted by Crippen LogP contribution is -1.96. The number of H-pyrrole nitrogens is 1. The molecule has 2 heterocycles. The molecule has 0 bridgehead atoms. The highest BCUT2D eigenvalue weighted by molar-refractivity contribution is 5.98. The number of rotatable bonds is 2. The van der Waals surface area contributed by atoms with Gasteiger partial charge in [0.1, 0.15) is 0 Å². The van der Waals surface area contributed by atoms with Crippen LogP contribution in [0.25, 0.3) is 11.0 Å². The summed E-state index contributed by atoms with van der Waals surface area (Å²) in [5, 5.41) is 8.74. The molecule has 0 aliphatic heterocycles. The zero-order valence-electron chi connectivity index (χ0n) is 7.94. The number of carboxylic acids is 1. The predicted molar refractivity (Wildman–Crippen MR) is 53.1 cm³/mol. The summed E-state index contributed by atoms with van der Waals surface area (Å²) >= 11 is 0. The highest BCUT2D eigenvalue weighted by Gasteiger charge is 2.09. The van der Waals surface area contributed by atoms with Crippen molar-refractivity contribution in [1.82, 2.24) is 9.97 Å². The van der Waals surface area contributed by atoms with Crippen LogP contribution in [0.2, 0.25) is 0 Å². The molecule has 2 N–H and O–H groups in total. The molecular formula is C10H8N2O3. The Hall–Kier alpha value is -2.17. The van der Waals surface area contributed by atoms with Gasteiger partial charge in [-0.25, -0.2) is 4.79 Å². The van der Waals surface area contributed by atoms with Crippen LogP contribution in [0.3, 0.4) is 0 Å². The summed E-state index contributed by atoms with van der Waals surface area (Å²) in [6, 6.07) is 3.06. The number of nitrogens with zero attached hydrogens (tertiary/aromatic N) is 1. The minimum absolute atomic E-state index is 0.0967. The lowest BCUT2D eigenvalue weighted by atomic mass is 10.2. The molecule has 2 aromatic heterocycles. The monoisotopic (exact) mass is 204 g/mol. The minimum Gasteiger partial charge on any atom is -0.478 e. The van der Waals surface area contributed by atoms with Gasteiger partial charge in [0.25, 0.3) is 0 Å². The van der Waals surface area contributed by atoms with E-state index in [0.29, 0.717) is 16.7 Å². The quantitative estimate of drug-likeness (QED) is 0.725. The molecule has 0 aliphatic carbocycles. The molecule has 0 spiro atoms. The second-order valence-corrected chi connectivity index (χ2v) is 3.20. The van der Waals surface area contributed by atoms with Crippen LogP contribution in [0.1, 0.15) is 27.8 Å². The zero-order chi connectivity index (χ0) is 11.0. The third-order valence-corrected chi connectivity index (χ3v) is 2.10.